The lowest BCUT2D eigenvalue weighted by Gasteiger charge is -2.66. The van der Waals surface area contributed by atoms with Gasteiger partial charge in [-0.15, -0.1) is 0 Å². The molecule has 0 spiro atoms. The van der Waals surface area contributed by atoms with Crippen molar-refractivity contribution in [2.45, 2.75) is 60.0 Å². The molecule has 2 bridgehead atoms. The molecule has 15 heavy (non-hydrogen) atoms. The molecule has 3 aliphatic rings. The van der Waals surface area contributed by atoms with Crippen molar-refractivity contribution in [2.24, 2.45) is 23.2 Å². The second-order valence-electron chi connectivity index (χ2n) is 5.83. The van der Waals surface area contributed by atoms with Gasteiger partial charge < -0.3 is 4.74 Å². The fourth-order valence-electron chi connectivity index (χ4n) is 3.74. The molecule has 0 aromatic rings. The minimum atomic E-state index is 0.137. The smallest absolute Gasteiger partial charge is 0.0709 e. The molecule has 0 amide bonds. The van der Waals surface area contributed by atoms with Crippen molar-refractivity contribution < 1.29 is 4.74 Å². The molecule has 4 unspecified atom stereocenters. The lowest BCUT2D eigenvalue weighted by atomic mass is 9.42. The van der Waals surface area contributed by atoms with Gasteiger partial charge in [-0.25, -0.2) is 0 Å². The standard InChI is InChI=1S/C12H22O.C2H6/c1-8-6-9-7-10(11(9,2)3)12(8,4)13-5;1-2/h8-10H,6-7H2,1-5H3;1-2H3. The van der Waals surface area contributed by atoms with E-state index in [9.17, 15) is 0 Å². The van der Waals surface area contributed by atoms with Crippen LogP contribution in [0.25, 0.3) is 0 Å². The number of hydrogen-bond donors (Lipinski definition) is 0. The van der Waals surface area contributed by atoms with Gasteiger partial charge in [0.2, 0.25) is 0 Å². The van der Waals surface area contributed by atoms with Crippen LogP contribution in [0, 0.1) is 23.2 Å². The van der Waals surface area contributed by atoms with E-state index >= 15 is 0 Å². The Morgan fingerprint density at radius 1 is 1.07 bits per heavy atom. The van der Waals surface area contributed by atoms with Crippen molar-refractivity contribution in [1.82, 2.24) is 0 Å². The zero-order valence-electron chi connectivity index (χ0n) is 11.6. The topological polar surface area (TPSA) is 9.23 Å². The molecular formula is C14H28O. The summed E-state index contributed by atoms with van der Waals surface area (Å²) in [5.74, 6) is 2.46. The third-order valence-electron chi connectivity index (χ3n) is 5.22. The predicted molar refractivity (Wildman–Crippen MR) is 65.9 cm³/mol. The van der Waals surface area contributed by atoms with Crippen LogP contribution in [0.5, 0.6) is 0 Å². The Hall–Kier alpha value is -0.0400. The Bertz CT molecular complexity index is 221. The summed E-state index contributed by atoms with van der Waals surface area (Å²) in [6.45, 7) is 13.5. The van der Waals surface area contributed by atoms with Gasteiger partial charge in [0.25, 0.3) is 0 Å². The molecule has 90 valence electrons. The van der Waals surface area contributed by atoms with Crippen LogP contribution in [0.2, 0.25) is 0 Å². The SMILES string of the molecule is CC.COC1(C)C(C)CC2CC1C2(C)C. The molecule has 0 saturated heterocycles. The molecule has 0 N–H and O–H groups in total. The lowest BCUT2D eigenvalue weighted by Crippen LogP contribution is -2.64. The Labute approximate surface area is 95.6 Å². The predicted octanol–water partition coefficient (Wildman–Crippen LogP) is 4.12. The van der Waals surface area contributed by atoms with Crippen LogP contribution in [-0.2, 0) is 4.74 Å². The van der Waals surface area contributed by atoms with E-state index in [1.54, 1.807) is 0 Å². The summed E-state index contributed by atoms with van der Waals surface area (Å²) in [4.78, 5) is 0. The fraction of sp³-hybridized carbons (Fsp3) is 1.00. The Morgan fingerprint density at radius 3 is 1.93 bits per heavy atom. The third-order valence-corrected chi connectivity index (χ3v) is 5.22. The quantitative estimate of drug-likeness (QED) is 0.635. The van der Waals surface area contributed by atoms with E-state index in [1.807, 2.05) is 21.0 Å². The van der Waals surface area contributed by atoms with Gasteiger partial charge in [-0.1, -0.05) is 34.6 Å². The summed E-state index contributed by atoms with van der Waals surface area (Å²) < 4.78 is 5.78. The van der Waals surface area contributed by atoms with Crippen molar-refractivity contribution in [1.29, 1.82) is 0 Å². The van der Waals surface area contributed by atoms with Crippen LogP contribution >= 0.6 is 0 Å². The Balaban J connectivity index is 0.000000531. The Kier molecular flexibility index (Phi) is 3.55. The molecule has 0 aromatic carbocycles. The molecule has 1 heteroatoms. The average molecular weight is 212 g/mol. The van der Waals surface area contributed by atoms with E-state index in [-0.39, 0.29) is 5.60 Å². The zero-order chi connectivity index (χ0) is 11.9. The van der Waals surface area contributed by atoms with Gasteiger partial charge in [-0.3, -0.25) is 0 Å². The molecule has 0 heterocycles. The van der Waals surface area contributed by atoms with E-state index in [2.05, 4.69) is 27.7 Å². The first kappa shape index (κ1) is 13.0. The summed E-state index contributed by atoms with van der Waals surface area (Å²) in [7, 11) is 1.88. The molecule has 3 rings (SSSR count). The molecule has 3 saturated carbocycles. The van der Waals surface area contributed by atoms with Crippen molar-refractivity contribution in [3.8, 4) is 0 Å². The molecule has 1 nitrogen and oxygen atoms in total. The number of rotatable bonds is 1. The first-order valence-electron chi connectivity index (χ1n) is 6.48. The van der Waals surface area contributed by atoms with E-state index in [4.69, 9.17) is 4.74 Å². The highest BCUT2D eigenvalue weighted by Gasteiger charge is 2.62. The van der Waals surface area contributed by atoms with Crippen LogP contribution in [0.3, 0.4) is 0 Å². The van der Waals surface area contributed by atoms with Crippen molar-refractivity contribution in [2.75, 3.05) is 7.11 Å². The Morgan fingerprint density at radius 2 is 1.60 bits per heavy atom. The average Bonchev–Trinajstić information content (AvgIpc) is 2.24. The maximum absolute atomic E-state index is 5.78. The van der Waals surface area contributed by atoms with Crippen LogP contribution in [0.1, 0.15) is 54.4 Å². The fourth-order valence-corrected chi connectivity index (χ4v) is 3.74. The van der Waals surface area contributed by atoms with E-state index < -0.39 is 0 Å². The maximum Gasteiger partial charge on any atom is 0.0709 e. The summed E-state index contributed by atoms with van der Waals surface area (Å²) in [5, 5.41) is 0. The van der Waals surface area contributed by atoms with Gasteiger partial charge in [0.15, 0.2) is 0 Å². The highest BCUT2D eigenvalue weighted by molar-refractivity contribution is 5.11. The minimum Gasteiger partial charge on any atom is -0.378 e. The van der Waals surface area contributed by atoms with Crippen LogP contribution < -0.4 is 0 Å². The molecule has 0 aromatic heterocycles. The van der Waals surface area contributed by atoms with Crippen LogP contribution in [0.4, 0.5) is 0 Å². The van der Waals surface area contributed by atoms with Crippen molar-refractivity contribution in [3.05, 3.63) is 0 Å². The van der Waals surface area contributed by atoms with Gasteiger partial charge in [0.1, 0.15) is 0 Å². The minimum absolute atomic E-state index is 0.137. The highest BCUT2D eigenvalue weighted by atomic mass is 16.5. The second-order valence-corrected chi connectivity index (χ2v) is 5.83. The second kappa shape index (κ2) is 4.08. The molecule has 3 fully saturated rings. The monoisotopic (exact) mass is 212 g/mol. The lowest BCUT2D eigenvalue weighted by molar-refractivity contribution is -0.233. The number of methoxy groups -OCH3 is 1. The van der Waals surface area contributed by atoms with Gasteiger partial charge in [-0.2, -0.15) is 0 Å². The third kappa shape index (κ3) is 1.63. The van der Waals surface area contributed by atoms with E-state index in [0.717, 1.165) is 17.8 Å². The van der Waals surface area contributed by atoms with Gasteiger partial charge in [-0.05, 0) is 42.9 Å². The first-order chi connectivity index (χ1) is 6.93. The summed E-state index contributed by atoms with van der Waals surface area (Å²) in [6, 6.07) is 0. The van der Waals surface area contributed by atoms with Gasteiger partial charge >= 0.3 is 0 Å². The van der Waals surface area contributed by atoms with Crippen LogP contribution in [-0.4, -0.2) is 12.7 Å². The molecule has 0 radical (unpaired) electrons. The number of fused-ring (bicyclic) bond motifs is 2. The highest BCUT2D eigenvalue weighted by Crippen LogP contribution is 2.65. The van der Waals surface area contributed by atoms with Crippen LogP contribution in [0.15, 0.2) is 0 Å². The molecular weight excluding hydrogens is 184 g/mol. The zero-order valence-corrected chi connectivity index (χ0v) is 11.6. The number of ether oxygens (including phenoxy) is 1. The van der Waals surface area contributed by atoms with Crippen molar-refractivity contribution >= 4 is 0 Å². The summed E-state index contributed by atoms with van der Waals surface area (Å²) >= 11 is 0. The van der Waals surface area contributed by atoms with E-state index in [1.165, 1.54) is 12.8 Å². The molecule has 4 atom stereocenters. The molecule has 0 aliphatic heterocycles. The normalized spacial score (nSPS) is 46.2. The maximum atomic E-state index is 5.78. The van der Waals surface area contributed by atoms with E-state index in [0.29, 0.717) is 5.41 Å². The van der Waals surface area contributed by atoms with Gasteiger partial charge in [0, 0.05) is 7.11 Å². The largest absolute Gasteiger partial charge is 0.378 e. The van der Waals surface area contributed by atoms with Crippen molar-refractivity contribution in [3.63, 3.8) is 0 Å². The molecule has 3 aliphatic carbocycles. The summed E-state index contributed by atoms with van der Waals surface area (Å²) in [6.07, 6.45) is 2.75. The summed E-state index contributed by atoms with van der Waals surface area (Å²) in [5.41, 5.74) is 0.662. The van der Waals surface area contributed by atoms with Gasteiger partial charge in [0.05, 0.1) is 5.60 Å². The first-order valence-corrected chi connectivity index (χ1v) is 6.48. The number of hydrogen-bond acceptors (Lipinski definition) is 1.